The molecule has 21 heavy (non-hydrogen) atoms. The Kier molecular flexibility index (Phi) is 4.17. The lowest BCUT2D eigenvalue weighted by atomic mass is 10.1. The average Bonchev–Trinajstić information content (AvgIpc) is 3.09. The van der Waals surface area contributed by atoms with E-state index in [1.807, 2.05) is 17.5 Å². The molecule has 1 unspecified atom stereocenters. The zero-order chi connectivity index (χ0) is 15.0. The van der Waals surface area contributed by atoms with E-state index in [4.69, 9.17) is 0 Å². The Morgan fingerprint density at radius 2 is 2.24 bits per heavy atom. The molecule has 3 heterocycles. The van der Waals surface area contributed by atoms with E-state index in [-0.39, 0.29) is 17.4 Å². The number of halogens is 1. The molecule has 3 rings (SSSR count). The average molecular weight is 407 g/mol. The van der Waals surface area contributed by atoms with Crippen molar-refractivity contribution >= 4 is 59.5 Å². The monoisotopic (exact) mass is 406 g/mol. The maximum absolute atomic E-state index is 12.0. The van der Waals surface area contributed by atoms with Crippen LogP contribution in [-0.2, 0) is 14.6 Å². The maximum atomic E-state index is 12.0. The molecule has 0 spiro atoms. The molecule has 1 amide bonds. The van der Waals surface area contributed by atoms with Crippen molar-refractivity contribution in [2.24, 2.45) is 5.92 Å². The molecule has 1 saturated heterocycles. The third-order valence-corrected chi connectivity index (χ3v) is 7.34. The number of nitrogens with zero attached hydrogens (tertiary/aromatic N) is 1. The van der Waals surface area contributed by atoms with E-state index in [0.29, 0.717) is 11.6 Å². The summed E-state index contributed by atoms with van der Waals surface area (Å²) in [5, 5.41) is 5.09. The smallest absolute Gasteiger partial charge is 0.230 e. The number of carbonyl (C=O) groups excluding carboxylic acids is 1. The number of nitrogens with one attached hydrogen (secondary N) is 1. The second kappa shape index (κ2) is 5.79. The van der Waals surface area contributed by atoms with Crippen molar-refractivity contribution in [1.82, 2.24) is 4.98 Å². The fraction of sp³-hybridized carbons (Fsp3) is 0.333. The Bertz CT molecular complexity index is 781. The molecule has 1 aliphatic rings. The van der Waals surface area contributed by atoms with Crippen LogP contribution in [0.4, 0.5) is 5.13 Å². The van der Waals surface area contributed by atoms with Gasteiger partial charge in [0.25, 0.3) is 0 Å². The van der Waals surface area contributed by atoms with Crippen LogP contribution < -0.4 is 5.32 Å². The van der Waals surface area contributed by atoms with Crippen molar-refractivity contribution in [2.45, 2.75) is 6.42 Å². The molecule has 0 saturated carbocycles. The van der Waals surface area contributed by atoms with Gasteiger partial charge in [-0.05, 0) is 34.5 Å². The molecule has 2 aromatic rings. The summed E-state index contributed by atoms with van der Waals surface area (Å²) in [5.74, 6) is -0.686. The third-order valence-electron chi connectivity index (χ3n) is 3.16. The van der Waals surface area contributed by atoms with Crippen LogP contribution in [0, 0.1) is 5.92 Å². The van der Waals surface area contributed by atoms with Crippen molar-refractivity contribution in [1.29, 1.82) is 0 Å². The van der Waals surface area contributed by atoms with Crippen molar-refractivity contribution in [3.8, 4) is 10.6 Å². The Labute approximate surface area is 138 Å². The zero-order valence-electron chi connectivity index (χ0n) is 10.7. The summed E-state index contributed by atoms with van der Waals surface area (Å²) in [5.41, 5.74) is 0.810. The van der Waals surface area contributed by atoms with Crippen LogP contribution in [0.3, 0.4) is 0 Å². The van der Waals surface area contributed by atoms with E-state index in [2.05, 4.69) is 26.2 Å². The fourth-order valence-corrected chi connectivity index (χ4v) is 5.98. The van der Waals surface area contributed by atoms with E-state index in [9.17, 15) is 13.2 Å². The minimum Gasteiger partial charge on any atom is -0.302 e. The topological polar surface area (TPSA) is 76.1 Å². The van der Waals surface area contributed by atoms with E-state index in [0.717, 1.165) is 14.4 Å². The molecular weight excluding hydrogens is 396 g/mol. The fourth-order valence-electron chi connectivity index (χ4n) is 2.11. The first kappa shape index (κ1) is 15.1. The lowest BCUT2D eigenvalue weighted by Gasteiger charge is -2.06. The minimum absolute atomic E-state index is 0.0606. The molecule has 0 aromatic carbocycles. The van der Waals surface area contributed by atoms with Gasteiger partial charge >= 0.3 is 0 Å². The van der Waals surface area contributed by atoms with Crippen molar-refractivity contribution < 1.29 is 13.2 Å². The summed E-state index contributed by atoms with van der Waals surface area (Å²) < 4.78 is 23.8. The van der Waals surface area contributed by atoms with Gasteiger partial charge in [0.05, 0.1) is 31.8 Å². The molecule has 0 radical (unpaired) electrons. The highest BCUT2D eigenvalue weighted by Gasteiger charge is 2.33. The molecule has 0 aliphatic carbocycles. The lowest BCUT2D eigenvalue weighted by Crippen LogP contribution is -2.23. The van der Waals surface area contributed by atoms with Gasteiger partial charge in [0.15, 0.2) is 15.0 Å². The summed E-state index contributed by atoms with van der Waals surface area (Å²) in [6, 6.07) is 3.90. The molecular formula is C12H11BrN2O3S3. The number of rotatable bonds is 3. The molecule has 1 atom stereocenters. The van der Waals surface area contributed by atoms with Gasteiger partial charge in [-0.3, -0.25) is 4.79 Å². The third kappa shape index (κ3) is 3.53. The van der Waals surface area contributed by atoms with Crippen LogP contribution in [-0.4, -0.2) is 30.8 Å². The quantitative estimate of drug-likeness (QED) is 0.849. The molecule has 1 fully saturated rings. The summed E-state index contributed by atoms with van der Waals surface area (Å²) in [7, 11) is -3.05. The highest BCUT2D eigenvalue weighted by molar-refractivity contribution is 9.11. The molecule has 1 aliphatic heterocycles. The maximum Gasteiger partial charge on any atom is 0.230 e. The number of carbonyl (C=O) groups is 1. The van der Waals surface area contributed by atoms with Gasteiger partial charge in [-0.1, -0.05) is 0 Å². The predicted molar refractivity (Wildman–Crippen MR) is 88.5 cm³/mol. The number of anilines is 1. The lowest BCUT2D eigenvalue weighted by molar-refractivity contribution is -0.119. The number of sulfone groups is 1. The van der Waals surface area contributed by atoms with E-state index in [1.54, 1.807) is 11.3 Å². The molecule has 2 aromatic heterocycles. The van der Waals surface area contributed by atoms with Crippen LogP contribution in [0.25, 0.3) is 10.6 Å². The second-order valence-corrected chi connectivity index (χ2v) is 10.3. The second-order valence-electron chi connectivity index (χ2n) is 4.73. The number of hydrogen-bond acceptors (Lipinski definition) is 6. The first-order chi connectivity index (χ1) is 9.93. The van der Waals surface area contributed by atoms with Gasteiger partial charge in [-0.25, -0.2) is 13.4 Å². The highest BCUT2D eigenvalue weighted by atomic mass is 79.9. The Balaban J connectivity index is 1.69. The molecule has 1 N–H and O–H groups in total. The summed E-state index contributed by atoms with van der Waals surface area (Å²) >= 11 is 6.31. The van der Waals surface area contributed by atoms with Crippen LogP contribution >= 0.6 is 38.6 Å². The zero-order valence-corrected chi connectivity index (χ0v) is 14.7. The van der Waals surface area contributed by atoms with Crippen molar-refractivity contribution in [2.75, 3.05) is 16.8 Å². The first-order valence-corrected chi connectivity index (χ1v) is 10.5. The van der Waals surface area contributed by atoms with Crippen LogP contribution in [0.15, 0.2) is 21.3 Å². The number of thiophene rings is 1. The van der Waals surface area contributed by atoms with Crippen molar-refractivity contribution in [3.63, 3.8) is 0 Å². The standard InChI is InChI=1S/C12H11BrN2O3S3/c13-10-2-1-9(20-10)8-5-19-12(14-8)15-11(16)7-3-4-21(17,18)6-7/h1-2,5,7H,3-4,6H2,(H,14,15,16). The van der Waals surface area contributed by atoms with Gasteiger partial charge in [-0.2, -0.15) is 0 Å². The molecule has 9 heteroatoms. The normalized spacial score (nSPS) is 20.5. The highest BCUT2D eigenvalue weighted by Crippen LogP contribution is 2.33. The number of hydrogen-bond donors (Lipinski definition) is 1. The Morgan fingerprint density at radius 1 is 1.43 bits per heavy atom. The summed E-state index contributed by atoms with van der Waals surface area (Å²) in [6.45, 7) is 0. The molecule has 0 bridgehead atoms. The number of aromatic nitrogens is 1. The number of thiazole rings is 1. The summed E-state index contributed by atoms with van der Waals surface area (Å²) in [4.78, 5) is 17.4. The van der Waals surface area contributed by atoms with Crippen LogP contribution in [0.5, 0.6) is 0 Å². The van der Waals surface area contributed by atoms with Crippen LogP contribution in [0.2, 0.25) is 0 Å². The number of amides is 1. The van der Waals surface area contributed by atoms with E-state index in [1.165, 1.54) is 11.3 Å². The molecule has 112 valence electrons. The SMILES string of the molecule is O=C(Nc1nc(-c2ccc(Br)s2)cs1)C1CCS(=O)(=O)C1. The Morgan fingerprint density at radius 3 is 2.86 bits per heavy atom. The molecule has 5 nitrogen and oxygen atoms in total. The van der Waals surface area contributed by atoms with Gasteiger partial charge < -0.3 is 5.32 Å². The van der Waals surface area contributed by atoms with Gasteiger partial charge in [0, 0.05) is 5.38 Å². The predicted octanol–water partition coefficient (Wildman–Crippen LogP) is 3.01. The van der Waals surface area contributed by atoms with Gasteiger partial charge in [0.1, 0.15) is 0 Å². The van der Waals surface area contributed by atoms with E-state index < -0.39 is 15.8 Å². The van der Waals surface area contributed by atoms with Gasteiger partial charge in [0.2, 0.25) is 5.91 Å². The summed E-state index contributed by atoms with van der Waals surface area (Å²) in [6.07, 6.45) is 0.393. The van der Waals surface area contributed by atoms with E-state index >= 15 is 0 Å². The van der Waals surface area contributed by atoms with Gasteiger partial charge in [-0.15, -0.1) is 22.7 Å². The Hall–Kier alpha value is -0.770. The largest absolute Gasteiger partial charge is 0.302 e. The minimum atomic E-state index is -3.05. The first-order valence-electron chi connectivity index (χ1n) is 6.15. The van der Waals surface area contributed by atoms with Crippen molar-refractivity contribution in [3.05, 3.63) is 21.3 Å². The van der Waals surface area contributed by atoms with Crippen LogP contribution in [0.1, 0.15) is 6.42 Å².